The molecule has 1 amide bonds. The highest BCUT2D eigenvalue weighted by Crippen LogP contribution is 2.26. The Bertz CT molecular complexity index is 631. The number of benzene rings is 1. The van der Waals surface area contributed by atoms with E-state index in [2.05, 4.69) is 15.6 Å². The minimum atomic E-state index is -0.117. The van der Waals surface area contributed by atoms with Crippen LogP contribution in [0.25, 0.3) is 0 Å². The zero-order valence-electron chi connectivity index (χ0n) is 12.3. The Balaban J connectivity index is 1.43. The Morgan fingerprint density at radius 3 is 3.00 bits per heavy atom. The highest BCUT2D eigenvalue weighted by atomic mass is 16.5. The van der Waals surface area contributed by atoms with Crippen LogP contribution in [0.15, 0.2) is 48.8 Å². The van der Waals surface area contributed by atoms with Crippen molar-refractivity contribution in [2.24, 2.45) is 5.92 Å². The molecule has 3 rings (SSSR count). The number of para-hydroxylation sites is 1. The molecule has 1 aliphatic heterocycles. The van der Waals surface area contributed by atoms with Crippen LogP contribution in [0, 0.1) is 5.92 Å². The third-order valence-corrected chi connectivity index (χ3v) is 3.66. The van der Waals surface area contributed by atoms with E-state index in [1.807, 2.05) is 36.4 Å². The molecule has 0 saturated carbocycles. The number of nitrogens with zero attached hydrogens (tertiary/aromatic N) is 1. The molecule has 0 aliphatic carbocycles. The van der Waals surface area contributed by atoms with E-state index in [1.165, 1.54) is 0 Å². The second-order valence-electron chi connectivity index (χ2n) is 5.28. The second kappa shape index (κ2) is 6.93. The summed E-state index contributed by atoms with van der Waals surface area (Å²) in [5.74, 6) is 0.820. The molecule has 5 nitrogen and oxygen atoms in total. The predicted octanol–water partition coefficient (Wildman–Crippen LogP) is 1.86. The smallest absolute Gasteiger partial charge is 0.226 e. The molecule has 0 radical (unpaired) electrons. The minimum absolute atomic E-state index is 0.0440. The number of carbonyl (C=O) groups excluding carboxylic acids is 1. The predicted molar refractivity (Wildman–Crippen MR) is 84.9 cm³/mol. The number of nitrogens with one attached hydrogen (secondary N) is 2. The van der Waals surface area contributed by atoms with Crippen molar-refractivity contribution in [1.29, 1.82) is 0 Å². The van der Waals surface area contributed by atoms with Crippen molar-refractivity contribution in [1.82, 2.24) is 10.3 Å². The van der Waals surface area contributed by atoms with E-state index in [0.29, 0.717) is 19.7 Å². The molecule has 1 aromatic carbocycles. The van der Waals surface area contributed by atoms with Crippen molar-refractivity contribution >= 4 is 11.6 Å². The molecule has 0 unspecified atom stereocenters. The van der Waals surface area contributed by atoms with Crippen LogP contribution in [-0.2, 0) is 11.2 Å². The first kappa shape index (κ1) is 14.4. The van der Waals surface area contributed by atoms with Gasteiger partial charge in [0, 0.05) is 25.5 Å². The molecular formula is C17H19N3O2. The van der Waals surface area contributed by atoms with Crippen LogP contribution < -0.4 is 15.4 Å². The van der Waals surface area contributed by atoms with E-state index in [-0.39, 0.29) is 11.8 Å². The van der Waals surface area contributed by atoms with E-state index in [1.54, 1.807) is 12.4 Å². The van der Waals surface area contributed by atoms with Gasteiger partial charge in [-0.15, -0.1) is 0 Å². The fraction of sp³-hybridized carbons (Fsp3) is 0.294. The number of ether oxygens (including phenoxy) is 1. The summed E-state index contributed by atoms with van der Waals surface area (Å²) in [6.45, 7) is 1.69. The van der Waals surface area contributed by atoms with Gasteiger partial charge in [-0.3, -0.25) is 9.78 Å². The summed E-state index contributed by atoms with van der Waals surface area (Å²) >= 11 is 0. The van der Waals surface area contributed by atoms with Gasteiger partial charge in [0.25, 0.3) is 0 Å². The van der Waals surface area contributed by atoms with Crippen molar-refractivity contribution in [2.45, 2.75) is 6.42 Å². The largest absolute Gasteiger partial charge is 0.492 e. The number of fused-ring (bicyclic) bond motifs is 1. The summed E-state index contributed by atoms with van der Waals surface area (Å²) in [5.41, 5.74) is 2.05. The quantitative estimate of drug-likeness (QED) is 0.827. The van der Waals surface area contributed by atoms with Gasteiger partial charge >= 0.3 is 0 Å². The maximum atomic E-state index is 12.2. The van der Waals surface area contributed by atoms with Gasteiger partial charge in [-0.1, -0.05) is 18.2 Å². The van der Waals surface area contributed by atoms with Gasteiger partial charge < -0.3 is 15.4 Å². The molecule has 1 aliphatic rings. The Labute approximate surface area is 129 Å². The standard InChI is InChI=1S/C17H19N3O2/c21-17(20-9-8-19-15-5-3-7-18-11-15)14-10-13-4-1-2-6-16(13)22-12-14/h1-7,11,14,19H,8-10,12H2,(H,20,21)/t14-/m1/s1. The summed E-state index contributed by atoms with van der Waals surface area (Å²) in [7, 11) is 0. The molecule has 114 valence electrons. The van der Waals surface area contributed by atoms with Crippen LogP contribution in [0.4, 0.5) is 5.69 Å². The van der Waals surface area contributed by atoms with Crippen molar-refractivity contribution in [3.63, 3.8) is 0 Å². The molecule has 2 heterocycles. The number of hydrogen-bond donors (Lipinski definition) is 2. The molecule has 0 spiro atoms. The molecule has 2 N–H and O–H groups in total. The van der Waals surface area contributed by atoms with Crippen LogP contribution in [-0.4, -0.2) is 30.6 Å². The second-order valence-corrected chi connectivity index (χ2v) is 5.28. The lowest BCUT2D eigenvalue weighted by atomic mass is 9.96. The number of carbonyl (C=O) groups is 1. The topological polar surface area (TPSA) is 63.2 Å². The van der Waals surface area contributed by atoms with Crippen LogP contribution in [0.5, 0.6) is 5.75 Å². The van der Waals surface area contributed by atoms with E-state index in [9.17, 15) is 4.79 Å². The van der Waals surface area contributed by atoms with Crippen molar-refractivity contribution in [3.8, 4) is 5.75 Å². The van der Waals surface area contributed by atoms with Gasteiger partial charge in [-0.25, -0.2) is 0 Å². The Morgan fingerprint density at radius 1 is 1.23 bits per heavy atom. The van der Waals surface area contributed by atoms with Gasteiger partial charge in [0.2, 0.25) is 5.91 Å². The summed E-state index contributed by atoms with van der Waals surface area (Å²) in [6, 6.07) is 11.7. The van der Waals surface area contributed by atoms with E-state index < -0.39 is 0 Å². The van der Waals surface area contributed by atoms with Crippen LogP contribution in [0.1, 0.15) is 5.56 Å². The van der Waals surface area contributed by atoms with Crippen LogP contribution >= 0.6 is 0 Å². The van der Waals surface area contributed by atoms with Crippen molar-refractivity contribution in [3.05, 3.63) is 54.4 Å². The van der Waals surface area contributed by atoms with Crippen LogP contribution in [0.2, 0.25) is 0 Å². The molecule has 22 heavy (non-hydrogen) atoms. The number of pyridine rings is 1. The lowest BCUT2D eigenvalue weighted by Crippen LogP contribution is -2.39. The maximum absolute atomic E-state index is 12.2. The number of rotatable bonds is 5. The van der Waals surface area contributed by atoms with E-state index in [4.69, 9.17) is 4.74 Å². The third kappa shape index (κ3) is 3.55. The van der Waals surface area contributed by atoms with Crippen molar-refractivity contribution < 1.29 is 9.53 Å². The Kier molecular flexibility index (Phi) is 4.53. The first-order valence-corrected chi connectivity index (χ1v) is 7.45. The minimum Gasteiger partial charge on any atom is -0.492 e. The lowest BCUT2D eigenvalue weighted by Gasteiger charge is -2.24. The summed E-state index contributed by atoms with van der Waals surface area (Å²) in [6.07, 6.45) is 4.22. The monoisotopic (exact) mass is 297 g/mol. The summed E-state index contributed by atoms with van der Waals surface area (Å²) < 4.78 is 5.65. The number of anilines is 1. The van der Waals surface area contributed by atoms with E-state index >= 15 is 0 Å². The molecule has 0 bridgehead atoms. The van der Waals surface area contributed by atoms with Gasteiger partial charge in [-0.2, -0.15) is 0 Å². The fourth-order valence-electron chi connectivity index (χ4n) is 2.50. The molecular weight excluding hydrogens is 278 g/mol. The first-order chi connectivity index (χ1) is 10.8. The fourth-order valence-corrected chi connectivity index (χ4v) is 2.50. The highest BCUT2D eigenvalue weighted by molar-refractivity contribution is 5.79. The zero-order valence-corrected chi connectivity index (χ0v) is 12.3. The molecule has 1 atom stereocenters. The average Bonchev–Trinajstić information content (AvgIpc) is 2.59. The molecule has 2 aromatic rings. The molecule has 0 fully saturated rings. The third-order valence-electron chi connectivity index (χ3n) is 3.66. The Morgan fingerprint density at radius 2 is 2.14 bits per heavy atom. The SMILES string of the molecule is O=C(NCCNc1cccnc1)[C@H]1COc2ccccc2C1. The average molecular weight is 297 g/mol. The number of aromatic nitrogens is 1. The molecule has 0 saturated heterocycles. The number of amides is 1. The van der Waals surface area contributed by atoms with E-state index in [0.717, 1.165) is 23.4 Å². The van der Waals surface area contributed by atoms with Crippen LogP contribution in [0.3, 0.4) is 0 Å². The first-order valence-electron chi connectivity index (χ1n) is 7.45. The highest BCUT2D eigenvalue weighted by Gasteiger charge is 2.25. The normalized spacial score (nSPS) is 16.3. The maximum Gasteiger partial charge on any atom is 0.226 e. The van der Waals surface area contributed by atoms with Crippen molar-refractivity contribution in [2.75, 3.05) is 25.0 Å². The van der Waals surface area contributed by atoms with Gasteiger partial charge in [0.05, 0.1) is 11.6 Å². The van der Waals surface area contributed by atoms with Gasteiger partial charge in [-0.05, 0) is 30.2 Å². The molecule has 5 heteroatoms. The molecule has 1 aromatic heterocycles. The number of hydrogen-bond acceptors (Lipinski definition) is 4. The lowest BCUT2D eigenvalue weighted by molar-refractivity contribution is -0.126. The van der Waals surface area contributed by atoms with Gasteiger partial charge in [0.15, 0.2) is 0 Å². The Hall–Kier alpha value is -2.56. The summed E-state index contributed by atoms with van der Waals surface area (Å²) in [4.78, 5) is 16.2. The summed E-state index contributed by atoms with van der Waals surface area (Å²) in [5, 5.41) is 6.16. The zero-order chi connectivity index (χ0) is 15.2. The van der Waals surface area contributed by atoms with Gasteiger partial charge in [0.1, 0.15) is 12.4 Å².